The van der Waals surface area contributed by atoms with Gasteiger partial charge in [-0.05, 0) is 17.4 Å². The van der Waals surface area contributed by atoms with Gasteiger partial charge in [0.25, 0.3) is 5.91 Å². The van der Waals surface area contributed by atoms with Crippen LogP contribution in [0.1, 0.15) is 16.6 Å². The highest BCUT2D eigenvalue weighted by Gasteiger charge is 2.37. The van der Waals surface area contributed by atoms with E-state index in [9.17, 15) is 4.79 Å². The van der Waals surface area contributed by atoms with Gasteiger partial charge in [0.15, 0.2) is 0 Å². The molecule has 3 heterocycles. The Balaban J connectivity index is 1.69. The highest BCUT2D eigenvalue weighted by atomic mass is 32.1. The number of methoxy groups -OCH3 is 1. The maximum absolute atomic E-state index is 12.7. The molecule has 0 saturated carbocycles. The monoisotopic (exact) mass is 310 g/mol. The fourth-order valence-corrected chi connectivity index (χ4v) is 4.08. The van der Waals surface area contributed by atoms with Crippen LogP contribution in [0.5, 0.6) is 5.75 Å². The molecular formula is C15H22N2O3S. The number of thiophene rings is 1. The van der Waals surface area contributed by atoms with Gasteiger partial charge in [0.1, 0.15) is 10.6 Å². The molecule has 2 fully saturated rings. The molecule has 0 spiro atoms. The van der Waals surface area contributed by atoms with Crippen molar-refractivity contribution in [1.82, 2.24) is 9.80 Å². The largest absolute Gasteiger partial charge is 0.495 e. The number of hydrogen-bond donors (Lipinski definition) is 0. The van der Waals surface area contributed by atoms with Crippen molar-refractivity contribution in [3.63, 3.8) is 0 Å². The number of morpholine rings is 1. The Morgan fingerprint density at radius 1 is 1.38 bits per heavy atom. The lowest BCUT2D eigenvalue weighted by Gasteiger charge is -2.33. The summed E-state index contributed by atoms with van der Waals surface area (Å²) in [4.78, 5) is 17.8. The second-order valence-electron chi connectivity index (χ2n) is 5.72. The number of carbonyl (C=O) groups is 1. The highest BCUT2D eigenvalue weighted by Crippen LogP contribution is 2.29. The zero-order valence-corrected chi connectivity index (χ0v) is 13.4. The Bertz CT molecular complexity index is 499. The molecule has 0 radical (unpaired) electrons. The molecule has 3 rings (SSSR count). The van der Waals surface area contributed by atoms with E-state index in [-0.39, 0.29) is 5.91 Å². The number of hydrogen-bond acceptors (Lipinski definition) is 5. The van der Waals surface area contributed by atoms with E-state index < -0.39 is 0 Å². The smallest absolute Gasteiger partial charge is 0.267 e. The summed E-state index contributed by atoms with van der Waals surface area (Å²) in [5, 5.41) is 1.91. The number of likely N-dealkylation sites (tertiary alicyclic amines) is 1. The number of ether oxygens (including phenoxy) is 2. The summed E-state index contributed by atoms with van der Waals surface area (Å²) in [5.41, 5.74) is 0. The molecule has 116 valence electrons. The van der Waals surface area contributed by atoms with Crippen LogP contribution in [0.2, 0.25) is 0 Å². The Morgan fingerprint density at radius 2 is 2.14 bits per heavy atom. The van der Waals surface area contributed by atoms with Crippen LogP contribution in [0.25, 0.3) is 0 Å². The van der Waals surface area contributed by atoms with Gasteiger partial charge in [0, 0.05) is 32.2 Å². The number of carbonyl (C=O) groups excluding carboxylic acids is 1. The van der Waals surface area contributed by atoms with E-state index in [0.29, 0.717) is 22.6 Å². The normalized spacial score (nSPS) is 27.0. The Kier molecular flexibility index (Phi) is 4.47. The summed E-state index contributed by atoms with van der Waals surface area (Å²) in [5.74, 6) is 1.29. The van der Waals surface area contributed by atoms with Gasteiger partial charge in [-0.15, -0.1) is 11.3 Å². The van der Waals surface area contributed by atoms with E-state index in [4.69, 9.17) is 9.47 Å². The minimum atomic E-state index is 0.101. The lowest BCUT2D eigenvalue weighted by atomic mass is 10.0. The summed E-state index contributed by atoms with van der Waals surface area (Å²) in [6.45, 7) is 7.41. The Morgan fingerprint density at radius 3 is 2.86 bits per heavy atom. The Labute approximate surface area is 129 Å². The fourth-order valence-electron chi connectivity index (χ4n) is 3.26. The molecule has 1 amide bonds. The molecule has 2 atom stereocenters. The first-order valence-electron chi connectivity index (χ1n) is 7.43. The quantitative estimate of drug-likeness (QED) is 0.849. The average molecular weight is 310 g/mol. The SMILES string of the molecule is COc1ccsc1C(=O)N1C[C@@H](N2CCOCC2)[C@@H](C)C1. The summed E-state index contributed by atoms with van der Waals surface area (Å²) < 4.78 is 10.7. The maximum atomic E-state index is 12.7. The molecule has 2 saturated heterocycles. The van der Waals surface area contributed by atoms with Gasteiger partial charge in [0.2, 0.25) is 0 Å². The van der Waals surface area contributed by atoms with E-state index in [2.05, 4.69) is 11.8 Å². The molecule has 5 nitrogen and oxygen atoms in total. The number of nitrogens with zero attached hydrogens (tertiary/aromatic N) is 2. The first kappa shape index (κ1) is 14.8. The van der Waals surface area contributed by atoms with Gasteiger partial charge >= 0.3 is 0 Å². The molecular weight excluding hydrogens is 288 g/mol. The lowest BCUT2D eigenvalue weighted by molar-refractivity contribution is 0.0119. The van der Waals surface area contributed by atoms with Crippen LogP contribution < -0.4 is 4.74 Å². The van der Waals surface area contributed by atoms with Crippen LogP contribution in [0.15, 0.2) is 11.4 Å². The van der Waals surface area contributed by atoms with Crippen LogP contribution in [0.4, 0.5) is 0 Å². The van der Waals surface area contributed by atoms with Crippen LogP contribution in [0.3, 0.4) is 0 Å². The van der Waals surface area contributed by atoms with Gasteiger partial charge in [-0.2, -0.15) is 0 Å². The van der Waals surface area contributed by atoms with Gasteiger partial charge in [-0.3, -0.25) is 9.69 Å². The van der Waals surface area contributed by atoms with Crippen LogP contribution >= 0.6 is 11.3 Å². The summed E-state index contributed by atoms with van der Waals surface area (Å²) >= 11 is 1.46. The van der Waals surface area contributed by atoms with Crippen molar-refractivity contribution >= 4 is 17.2 Å². The van der Waals surface area contributed by atoms with Crippen molar-refractivity contribution in [3.05, 3.63) is 16.3 Å². The van der Waals surface area contributed by atoms with Crippen molar-refractivity contribution in [2.24, 2.45) is 5.92 Å². The van der Waals surface area contributed by atoms with Crippen molar-refractivity contribution < 1.29 is 14.3 Å². The van der Waals surface area contributed by atoms with E-state index in [1.807, 2.05) is 16.3 Å². The van der Waals surface area contributed by atoms with Crippen molar-refractivity contribution in [3.8, 4) is 5.75 Å². The molecule has 1 aromatic heterocycles. The lowest BCUT2D eigenvalue weighted by Crippen LogP contribution is -2.47. The van der Waals surface area contributed by atoms with E-state index >= 15 is 0 Å². The zero-order valence-electron chi connectivity index (χ0n) is 12.6. The predicted molar refractivity (Wildman–Crippen MR) is 82.1 cm³/mol. The number of amides is 1. The van der Waals surface area contributed by atoms with E-state index in [1.165, 1.54) is 11.3 Å². The molecule has 1 aromatic rings. The molecule has 2 aliphatic rings. The van der Waals surface area contributed by atoms with E-state index in [1.54, 1.807) is 7.11 Å². The molecule has 21 heavy (non-hydrogen) atoms. The molecule has 0 aromatic carbocycles. The minimum absolute atomic E-state index is 0.101. The standard InChI is InChI=1S/C15H22N2O3S/c1-11-9-17(10-12(11)16-4-6-20-7-5-16)15(18)14-13(19-2)3-8-21-14/h3,8,11-12H,4-7,9-10H2,1-2H3/t11-,12+/m0/s1. The third kappa shape index (κ3) is 2.93. The second kappa shape index (κ2) is 6.34. The highest BCUT2D eigenvalue weighted by molar-refractivity contribution is 7.12. The molecule has 0 unspecified atom stereocenters. The maximum Gasteiger partial charge on any atom is 0.267 e. The van der Waals surface area contributed by atoms with Crippen molar-refractivity contribution in [1.29, 1.82) is 0 Å². The topological polar surface area (TPSA) is 42.0 Å². The van der Waals surface area contributed by atoms with Gasteiger partial charge in [0.05, 0.1) is 20.3 Å². The number of rotatable bonds is 3. The molecule has 2 aliphatic heterocycles. The van der Waals surface area contributed by atoms with E-state index in [0.717, 1.165) is 39.4 Å². The van der Waals surface area contributed by atoms with Gasteiger partial charge in [-0.25, -0.2) is 0 Å². The molecule has 0 bridgehead atoms. The summed E-state index contributed by atoms with van der Waals surface area (Å²) in [6.07, 6.45) is 0. The third-order valence-corrected chi connectivity index (χ3v) is 5.30. The van der Waals surface area contributed by atoms with Crippen LogP contribution in [-0.4, -0.2) is 68.3 Å². The average Bonchev–Trinajstić information content (AvgIpc) is 3.13. The molecule has 6 heteroatoms. The minimum Gasteiger partial charge on any atom is -0.495 e. The van der Waals surface area contributed by atoms with Gasteiger partial charge in [-0.1, -0.05) is 6.92 Å². The first-order chi connectivity index (χ1) is 10.2. The fraction of sp³-hybridized carbons (Fsp3) is 0.667. The van der Waals surface area contributed by atoms with Crippen molar-refractivity contribution in [2.75, 3.05) is 46.5 Å². The summed E-state index contributed by atoms with van der Waals surface area (Å²) in [7, 11) is 1.61. The van der Waals surface area contributed by atoms with Gasteiger partial charge < -0.3 is 14.4 Å². The molecule has 0 aliphatic carbocycles. The third-order valence-electron chi connectivity index (χ3n) is 4.42. The predicted octanol–water partition coefficient (Wildman–Crippen LogP) is 1.55. The second-order valence-corrected chi connectivity index (χ2v) is 6.64. The van der Waals surface area contributed by atoms with Crippen LogP contribution in [-0.2, 0) is 4.74 Å². The first-order valence-corrected chi connectivity index (χ1v) is 8.31. The zero-order chi connectivity index (χ0) is 14.8. The van der Waals surface area contributed by atoms with Crippen molar-refractivity contribution in [2.45, 2.75) is 13.0 Å². The summed E-state index contributed by atoms with van der Waals surface area (Å²) in [6, 6.07) is 2.31. The van der Waals surface area contributed by atoms with Crippen LogP contribution in [0, 0.1) is 5.92 Å². The Hall–Kier alpha value is -1.11. The molecule has 0 N–H and O–H groups in total.